The number of para-hydroxylation sites is 2. The van der Waals surface area contributed by atoms with E-state index in [1.54, 1.807) is 28.6 Å². The van der Waals surface area contributed by atoms with Crippen LogP contribution in [-0.2, 0) is 14.8 Å². The molecule has 1 amide bonds. The molecule has 0 unspecified atom stereocenters. The number of ether oxygens (including phenoxy) is 2. The van der Waals surface area contributed by atoms with Crippen molar-refractivity contribution in [3.63, 3.8) is 0 Å². The van der Waals surface area contributed by atoms with Gasteiger partial charge in [0.25, 0.3) is 5.91 Å². The molecule has 2 atom stereocenters. The fourth-order valence-electron chi connectivity index (χ4n) is 3.65. The van der Waals surface area contributed by atoms with E-state index in [1.807, 2.05) is 19.1 Å². The van der Waals surface area contributed by atoms with Gasteiger partial charge in [0.05, 0.1) is 4.90 Å². The third kappa shape index (κ3) is 4.09. The Morgan fingerprint density at radius 3 is 2.52 bits per heavy atom. The standard InChI is InChI=1S/C21H24N2O5S/c1-15-6-4-5-13-23(15)29(25,26)17-11-9-16(10-12-17)22-21(24)20-14-27-18-7-2-3-8-19(18)28-20/h2-3,7-12,15,20H,4-6,13-14H2,1H3,(H,22,24)/t15-,20+/m1/s1. The number of hydrogen-bond donors (Lipinski definition) is 1. The van der Waals surface area contributed by atoms with Gasteiger partial charge in [0.1, 0.15) is 6.61 Å². The van der Waals surface area contributed by atoms with E-state index in [4.69, 9.17) is 9.47 Å². The first-order valence-corrected chi connectivity index (χ1v) is 11.2. The van der Waals surface area contributed by atoms with E-state index in [-0.39, 0.29) is 23.5 Å². The second-order valence-electron chi connectivity index (χ2n) is 7.34. The topological polar surface area (TPSA) is 84.9 Å². The van der Waals surface area contributed by atoms with Crippen LogP contribution in [-0.4, -0.2) is 43.9 Å². The summed E-state index contributed by atoms with van der Waals surface area (Å²) >= 11 is 0. The summed E-state index contributed by atoms with van der Waals surface area (Å²) in [5, 5.41) is 2.76. The first-order valence-electron chi connectivity index (χ1n) is 9.76. The lowest BCUT2D eigenvalue weighted by atomic mass is 10.1. The number of amides is 1. The van der Waals surface area contributed by atoms with Crippen LogP contribution >= 0.6 is 0 Å². The molecule has 29 heavy (non-hydrogen) atoms. The Hall–Kier alpha value is -2.58. The summed E-state index contributed by atoms with van der Waals surface area (Å²) < 4.78 is 38.6. The Kier molecular flexibility index (Phi) is 5.47. The smallest absolute Gasteiger partial charge is 0.269 e. The van der Waals surface area contributed by atoms with E-state index in [0.29, 0.717) is 23.7 Å². The maximum atomic E-state index is 12.9. The minimum absolute atomic E-state index is 0.000503. The van der Waals surface area contributed by atoms with Crippen molar-refractivity contribution in [3.05, 3.63) is 48.5 Å². The lowest BCUT2D eigenvalue weighted by molar-refractivity contribution is -0.125. The van der Waals surface area contributed by atoms with Gasteiger partial charge < -0.3 is 14.8 Å². The average Bonchev–Trinajstić information content (AvgIpc) is 2.74. The maximum Gasteiger partial charge on any atom is 0.269 e. The SMILES string of the molecule is C[C@@H]1CCCCN1S(=O)(=O)c1ccc(NC(=O)[C@@H]2COc3ccccc3O2)cc1. The molecule has 154 valence electrons. The Labute approximate surface area is 170 Å². The van der Waals surface area contributed by atoms with E-state index < -0.39 is 16.1 Å². The van der Waals surface area contributed by atoms with Crippen molar-refractivity contribution in [3.8, 4) is 11.5 Å². The van der Waals surface area contributed by atoms with Crippen LogP contribution in [0.1, 0.15) is 26.2 Å². The molecule has 8 heteroatoms. The van der Waals surface area contributed by atoms with Crippen LogP contribution in [0.25, 0.3) is 0 Å². The summed E-state index contributed by atoms with van der Waals surface area (Å²) in [5.41, 5.74) is 0.503. The molecule has 7 nitrogen and oxygen atoms in total. The third-order valence-electron chi connectivity index (χ3n) is 5.27. The van der Waals surface area contributed by atoms with Gasteiger partial charge in [-0.05, 0) is 56.2 Å². The van der Waals surface area contributed by atoms with Gasteiger partial charge in [-0.3, -0.25) is 4.79 Å². The number of piperidine rings is 1. The number of carbonyl (C=O) groups is 1. The quantitative estimate of drug-likeness (QED) is 0.828. The number of nitrogens with one attached hydrogen (secondary N) is 1. The van der Waals surface area contributed by atoms with Gasteiger partial charge in [0.2, 0.25) is 16.1 Å². The predicted octanol–water partition coefficient (Wildman–Crippen LogP) is 3.03. The molecule has 2 aliphatic heterocycles. The van der Waals surface area contributed by atoms with Crippen LogP contribution in [0.4, 0.5) is 5.69 Å². The van der Waals surface area contributed by atoms with Gasteiger partial charge >= 0.3 is 0 Å². The second kappa shape index (κ2) is 8.04. The summed E-state index contributed by atoms with van der Waals surface area (Å²) in [7, 11) is -3.53. The molecule has 2 aromatic rings. The molecule has 1 fully saturated rings. The van der Waals surface area contributed by atoms with Crippen LogP contribution in [0, 0.1) is 0 Å². The molecule has 0 radical (unpaired) electrons. The molecule has 0 bridgehead atoms. The molecule has 2 aromatic carbocycles. The molecular formula is C21H24N2O5S. The lowest BCUT2D eigenvalue weighted by Gasteiger charge is -2.32. The number of anilines is 1. The molecule has 2 heterocycles. The number of benzene rings is 2. The Balaban J connectivity index is 1.43. The molecule has 0 aliphatic carbocycles. The van der Waals surface area contributed by atoms with Gasteiger partial charge in [-0.1, -0.05) is 18.6 Å². The molecule has 2 aliphatic rings. The molecule has 4 rings (SSSR count). The monoisotopic (exact) mass is 416 g/mol. The first-order chi connectivity index (χ1) is 13.9. The van der Waals surface area contributed by atoms with E-state index in [1.165, 1.54) is 12.1 Å². The second-order valence-corrected chi connectivity index (χ2v) is 9.23. The van der Waals surface area contributed by atoms with Crippen molar-refractivity contribution in [1.29, 1.82) is 0 Å². The Morgan fingerprint density at radius 2 is 1.79 bits per heavy atom. The van der Waals surface area contributed by atoms with Gasteiger partial charge in [-0.2, -0.15) is 4.31 Å². The van der Waals surface area contributed by atoms with Crippen LogP contribution in [0.5, 0.6) is 11.5 Å². The average molecular weight is 416 g/mol. The minimum atomic E-state index is -3.53. The number of fused-ring (bicyclic) bond motifs is 1. The summed E-state index contributed by atoms with van der Waals surface area (Å²) in [5.74, 6) is 0.786. The fraction of sp³-hybridized carbons (Fsp3) is 0.381. The Morgan fingerprint density at radius 1 is 1.07 bits per heavy atom. The highest BCUT2D eigenvalue weighted by Crippen LogP contribution is 2.31. The van der Waals surface area contributed by atoms with Crippen LogP contribution in [0.3, 0.4) is 0 Å². The van der Waals surface area contributed by atoms with Crippen molar-refractivity contribution >= 4 is 21.6 Å². The molecule has 1 N–H and O–H groups in total. The highest BCUT2D eigenvalue weighted by atomic mass is 32.2. The number of nitrogens with zero attached hydrogens (tertiary/aromatic N) is 1. The third-order valence-corrected chi connectivity index (χ3v) is 7.30. The predicted molar refractivity (Wildman–Crippen MR) is 109 cm³/mol. The van der Waals surface area contributed by atoms with E-state index in [9.17, 15) is 13.2 Å². The minimum Gasteiger partial charge on any atom is -0.485 e. The number of rotatable bonds is 4. The first kappa shape index (κ1) is 19.7. The van der Waals surface area contributed by atoms with Gasteiger partial charge in [0.15, 0.2) is 11.5 Å². The lowest BCUT2D eigenvalue weighted by Crippen LogP contribution is -2.41. The normalized spacial score (nSPS) is 22.1. The summed E-state index contributed by atoms with van der Waals surface area (Å²) in [6.07, 6.45) is 2.03. The van der Waals surface area contributed by atoms with Gasteiger partial charge in [0, 0.05) is 18.3 Å². The summed E-state index contributed by atoms with van der Waals surface area (Å²) in [4.78, 5) is 12.7. The van der Waals surface area contributed by atoms with Crippen LogP contribution in [0.2, 0.25) is 0 Å². The van der Waals surface area contributed by atoms with Crippen LogP contribution in [0.15, 0.2) is 53.4 Å². The van der Waals surface area contributed by atoms with Crippen molar-refractivity contribution in [2.24, 2.45) is 0 Å². The molecule has 0 saturated carbocycles. The number of sulfonamides is 1. The summed E-state index contributed by atoms with van der Waals surface area (Å²) in [6, 6.07) is 13.4. The fourth-order valence-corrected chi connectivity index (χ4v) is 5.35. The van der Waals surface area contributed by atoms with Gasteiger partial charge in [-0.15, -0.1) is 0 Å². The van der Waals surface area contributed by atoms with Crippen LogP contribution < -0.4 is 14.8 Å². The Bertz CT molecular complexity index is 990. The zero-order chi connectivity index (χ0) is 20.4. The molecule has 0 spiro atoms. The largest absolute Gasteiger partial charge is 0.485 e. The molecular weight excluding hydrogens is 392 g/mol. The summed E-state index contributed by atoms with van der Waals surface area (Å²) in [6.45, 7) is 2.60. The molecule has 0 aromatic heterocycles. The highest BCUT2D eigenvalue weighted by Gasteiger charge is 2.31. The number of hydrogen-bond acceptors (Lipinski definition) is 5. The maximum absolute atomic E-state index is 12.9. The van der Waals surface area contributed by atoms with Crippen molar-refractivity contribution in [1.82, 2.24) is 4.31 Å². The van der Waals surface area contributed by atoms with Crippen molar-refractivity contribution in [2.75, 3.05) is 18.5 Å². The molecule has 1 saturated heterocycles. The van der Waals surface area contributed by atoms with E-state index in [0.717, 1.165) is 19.3 Å². The zero-order valence-electron chi connectivity index (χ0n) is 16.2. The number of carbonyl (C=O) groups excluding carboxylic acids is 1. The van der Waals surface area contributed by atoms with Gasteiger partial charge in [-0.25, -0.2) is 8.42 Å². The zero-order valence-corrected chi connectivity index (χ0v) is 17.0. The van der Waals surface area contributed by atoms with Crippen molar-refractivity contribution in [2.45, 2.75) is 43.2 Å². The highest BCUT2D eigenvalue weighted by molar-refractivity contribution is 7.89. The van der Waals surface area contributed by atoms with E-state index in [2.05, 4.69) is 5.32 Å². The van der Waals surface area contributed by atoms with Crippen molar-refractivity contribution < 1.29 is 22.7 Å². The van der Waals surface area contributed by atoms with E-state index >= 15 is 0 Å².